The van der Waals surface area contributed by atoms with E-state index in [1.54, 1.807) is 18.3 Å². The number of aryl methyl sites for hydroxylation is 1. The molecular weight excluding hydrogens is 205 g/mol. The minimum absolute atomic E-state index is 0.223. The molecule has 0 unspecified atom stereocenters. The Bertz CT molecular complexity index is 448. The van der Waals surface area contributed by atoms with Crippen molar-refractivity contribution in [3.63, 3.8) is 0 Å². The van der Waals surface area contributed by atoms with E-state index in [4.69, 9.17) is 5.73 Å². The van der Waals surface area contributed by atoms with E-state index in [2.05, 4.69) is 5.10 Å². The van der Waals surface area contributed by atoms with Gasteiger partial charge in [-0.3, -0.25) is 4.68 Å². The van der Waals surface area contributed by atoms with Crippen LogP contribution in [0.15, 0.2) is 36.7 Å². The molecule has 1 aromatic heterocycles. The summed E-state index contributed by atoms with van der Waals surface area (Å²) in [5.74, 6) is -0.223. The maximum atomic E-state index is 12.7. The zero-order valence-corrected chi connectivity index (χ0v) is 8.94. The van der Waals surface area contributed by atoms with Gasteiger partial charge in [0.1, 0.15) is 5.82 Å². The monoisotopic (exact) mass is 219 g/mol. The Labute approximate surface area is 93.7 Å². The van der Waals surface area contributed by atoms with Gasteiger partial charge in [-0.2, -0.15) is 5.10 Å². The summed E-state index contributed by atoms with van der Waals surface area (Å²) >= 11 is 0. The van der Waals surface area contributed by atoms with Crippen LogP contribution < -0.4 is 5.73 Å². The molecule has 0 atom stereocenters. The average molecular weight is 219 g/mol. The second-order valence-corrected chi connectivity index (χ2v) is 3.64. The normalized spacial score (nSPS) is 10.6. The van der Waals surface area contributed by atoms with Crippen molar-refractivity contribution in [3.8, 4) is 11.1 Å². The summed E-state index contributed by atoms with van der Waals surface area (Å²) in [5.41, 5.74) is 7.40. The fourth-order valence-corrected chi connectivity index (χ4v) is 1.53. The highest BCUT2D eigenvalue weighted by molar-refractivity contribution is 5.61. The quantitative estimate of drug-likeness (QED) is 0.855. The summed E-state index contributed by atoms with van der Waals surface area (Å²) in [6, 6.07) is 6.40. The summed E-state index contributed by atoms with van der Waals surface area (Å²) in [5, 5.41) is 4.22. The highest BCUT2D eigenvalue weighted by Crippen LogP contribution is 2.18. The van der Waals surface area contributed by atoms with Crippen molar-refractivity contribution < 1.29 is 4.39 Å². The number of halogens is 1. The van der Waals surface area contributed by atoms with Crippen molar-refractivity contribution in [2.75, 3.05) is 6.54 Å². The summed E-state index contributed by atoms with van der Waals surface area (Å²) in [7, 11) is 0. The summed E-state index contributed by atoms with van der Waals surface area (Å²) in [6.45, 7) is 1.48. The zero-order valence-electron chi connectivity index (χ0n) is 8.94. The number of nitrogens with two attached hydrogens (primary N) is 1. The average Bonchev–Trinajstić information content (AvgIpc) is 2.76. The van der Waals surface area contributed by atoms with Gasteiger partial charge in [0.05, 0.1) is 6.20 Å². The third kappa shape index (κ3) is 2.46. The third-order valence-electron chi connectivity index (χ3n) is 2.40. The topological polar surface area (TPSA) is 43.8 Å². The Morgan fingerprint density at radius 3 is 2.62 bits per heavy atom. The van der Waals surface area contributed by atoms with Crippen LogP contribution in [0.2, 0.25) is 0 Å². The first-order chi connectivity index (χ1) is 7.79. The largest absolute Gasteiger partial charge is 0.330 e. The fraction of sp³-hybridized carbons (Fsp3) is 0.250. The van der Waals surface area contributed by atoms with Gasteiger partial charge >= 0.3 is 0 Å². The molecule has 0 spiro atoms. The predicted octanol–water partition coefficient (Wildman–Crippen LogP) is 2.04. The van der Waals surface area contributed by atoms with Crippen LogP contribution in [-0.2, 0) is 6.54 Å². The Morgan fingerprint density at radius 2 is 1.94 bits per heavy atom. The molecule has 1 heterocycles. The second-order valence-electron chi connectivity index (χ2n) is 3.64. The van der Waals surface area contributed by atoms with Crippen molar-refractivity contribution >= 4 is 0 Å². The van der Waals surface area contributed by atoms with Crippen LogP contribution in [0.3, 0.4) is 0 Å². The van der Waals surface area contributed by atoms with E-state index in [-0.39, 0.29) is 5.82 Å². The molecule has 84 valence electrons. The predicted molar refractivity (Wildman–Crippen MR) is 61.3 cm³/mol. The van der Waals surface area contributed by atoms with Gasteiger partial charge in [-0.1, -0.05) is 12.1 Å². The van der Waals surface area contributed by atoms with Crippen molar-refractivity contribution in [2.45, 2.75) is 13.0 Å². The van der Waals surface area contributed by atoms with E-state index in [0.29, 0.717) is 6.54 Å². The molecule has 1 aromatic carbocycles. The van der Waals surface area contributed by atoms with Crippen LogP contribution in [0.1, 0.15) is 6.42 Å². The minimum atomic E-state index is -0.223. The highest BCUT2D eigenvalue weighted by Gasteiger charge is 2.01. The standard InChI is InChI=1S/C12H14FN3/c13-12-4-2-10(3-5-12)11-8-15-16(9-11)7-1-6-14/h2-5,8-9H,1,6-7,14H2. The third-order valence-corrected chi connectivity index (χ3v) is 2.40. The van der Waals surface area contributed by atoms with Gasteiger partial charge in [0.2, 0.25) is 0 Å². The molecule has 16 heavy (non-hydrogen) atoms. The molecule has 0 aliphatic rings. The summed E-state index contributed by atoms with van der Waals surface area (Å²) in [6.07, 6.45) is 4.64. The maximum Gasteiger partial charge on any atom is 0.123 e. The molecule has 0 saturated heterocycles. The molecule has 0 saturated carbocycles. The number of hydrogen-bond donors (Lipinski definition) is 1. The Morgan fingerprint density at radius 1 is 1.19 bits per heavy atom. The smallest absolute Gasteiger partial charge is 0.123 e. The lowest BCUT2D eigenvalue weighted by Gasteiger charge is -1.98. The van der Waals surface area contributed by atoms with Gasteiger partial charge in [-0.15, -0.1) is 0 Å². The van der Waals surface area contributed by atoms with E-state index in [9.17, 15) is 4.39 Å². The fourth-order valence-electron chi connectivity index (χ4n) is 1.53. The SMILES string of the molecule is NCCCn1cc(-c2ccc(F)cc2)cn1. The summed E-state index contributed by atoms with van der Waals surface area (Å²) < 4.78 is 14.6. The Balaban J connectivity index is 2.15. The first-order valence-corrected chi connectivity index (χ1v) is 5.28. The van der Waals surface area contributed by atoms with E-state index in [1.807, 2.05) is 10.9 Å². The molecule has 4 heteroatoms. The van der Waals surface area contributed by atoms with Crippen LogP contribution in [0.5, 0.6) is 0 Å². The molecule has 0 fully saturated rings. The second kappa shape index (κ2) is 4.90. The van der Waals surface area contributed by atoms with E-state index in [1.165, 1.54) is 12.1 Å². The zero-order chi connectivity index (χ0) is 11.4. The molecule has 0 radical (unpaired) electrons. The van der Waals surface area contributed by atoms with Gasteiger partial charge in [0.15, 0.2) is 0 Å². The number of rotatable bonds is 4. The first-order valence-electron chi connectivity index (χ1n) is 5.28. The molecule has 0 aliphatic heterocycles. The number of hydrogen-bond acceptors (Lipinski definition) is 2. The lowest BCUT2D eigenvalue weighted by molar-refractivity contribution is 0.585. The highest BCUT2D eigenvalue weighted by atomic mass is 19.1. The van der Waals surface area contributed by atoms with Crippen LogP contribution >= 0.6 is 0 Å². The molecule has 0 bridgehead atoms. The molecule has 2 rings (SSSR count). The summed E-state index contributed by atoms with van der Waals surface area (Å²) in [4.78, 5) is 0. The molecule has 0 amide bonds. The van der Waals surface area contributed by atoms with Crippen molar-refractivity contribution in [1.82, 2.24) is 9.78 Å². The number of nitrogens with zero attached hydrogens (tertiary/aromatic N) is 2. The number of benzene rings is 1. The van der Waals surface area contributed by atoms with E-state index >= 15 is 0 Å². The minimum Gasteiger partial charge on any atom is -0.330 e. The molecule has 0 aliphatic carbocycles. The molecule has 2 aromatic rings. The number of aromatic nitrogens is 2. The first kappa shape index (κ1) is 10.8. The van der Waals surface area contributed by atoms with Gasteiger partial charge in [-0.25, -0.2) is 4.39 Å². The lowest BCUT2D eigenvalue weighted by atomic mass is 10.1. The molecular formula is C12H14FN3. The Kier molecular flexibility index (Phi) is 3.31. The van der Waals surface area contributed by atoms with Crippen LogP contribution in [0.25, 0.3) is 11.1 Å². The van der Waals surface area contributed by atoms with Crippen LogP contribution in [0.4, 0.5) is 4.39 Å². The lowest BCUT2D eigenvalue weighted by Crippen LogP contribution is -2.05. The maximum absolute atomic E-state index is 12.7. The van der Waals surface area contributed by atoms with E-state index < -0.39 is 0 Å². The molecule has 2 N–H and O–H groups in total. The van der Waals surface area contributed by atoms with Crippen LogP contribution in [-0.4, -0.2) is 16.3 Å². The van der Waals surface area contributed by atoms with Crippen molar-refractivity contribution in [2.24, 2.45) is 5.73 Å². The van der Waals surface area contributed by atoms with E-state index in [0.717, 1.165) is 24.1 Å². The van der Waals surface area contributed by atoms with Gasteiger partial charge in [0.25, 0.3) is 0 Å². The van der Waals surface area contributed by atoms with Crippen LogP contribution in [0, 0.1) is 5.82 Å². The van der Waals surface area contributed by atoms with Gasteiger partial charge < -0.3 is 5.73 Å². The van der Waals surface area contributed by atoms with Gasteiger partial charge in [-0.05, 0) is 30.7 Å². The molecule has 3 nitrogen and oxygen atoms in total. The van der Waals surface area contributed by atoms with Gasteiger partial charge in [0, 0.05) is 18.3 Å². The van der Waals surface area contributed by atoms with Crippen molar-refractivity contribution in [1.29, 1.82) is 0 Å². The Hall–Kier alpha value is -1.68. The van der Waals surface area contributed by atoms with Crippen molar-refractivity contribution in [3.05, 3.63) is 42.5 Å².